The fourth-order valence-electron chi connectivity index (χ4n) is 7.31. The number of ether oxygens (including phenoxy) is 5. The molecule has 0 aliphatic carbocycles. The fraction of sp³-hybridized carbons (Fsp3) is 0.523. The SMILES string of the molecule is C=C(CN)N(CC)c1ccc(OCCCN(C[C@H](O)[C@@H](O)[C@@H]2OC(c3ccccc3)OC[C@H]2O)C[C@H](O)[C@@H](O)[C@@H]2OC(c3ccccc3)OC[C@H]2O)cc1C(=O)CCC. The van der Waals surface area contributed by atoms with Crippen molar-refractivity contribution in [2.45, 2.75) is 94.5 Å². The standard InChI is InChI=1S/C44H61N3O12/c1-4-13-34(48)32-22-31(18-19-33(32)47(5-2)28(3)23-45)55-21-12-20-46(24-35(49)39(53)41-37(51)26-56-43(58-41)29-14-8-6-9-15-29)25-36(50)40(54)42-38(52)27-57-44(59-42)30-16-10-7-11-17-30/h6-11,14-19,22,35-44,49-54H,3-5,12-13,20-21,23-27,45H2,1-2H3/t35-,36-,37+,38+,39+,40+,41+,42+,43?,44?/m0/s1. The maximum Gasteiger partial charge on any atom is 0.184 e. The summed E-state index contributed by atoms with van der Waals surface area (Å²) >= 11 is 0. The number of ketones is 1. The van der Waals surface area contributed by atoms with Crippen molar-refractivity contribution < 1.29 is 59.1 Å². The predicted molar refractivity (Wildman–Crippen MR) is 220 cm³/mol. The van der Waals surface area contributed by atoms with Crippen LogP contribution in [0.15, 0.2) is 91.1 Å². The van der Waals surface area contributed by atoms with Gasteiger partial charge in [0, 0.05) is 61.5 Å². The second-order valence-corrected chi connectivity index (χ2v) is 14.9. The maximum atomic E-state index is 13.2. The molecule has 0 amide bonds. The highest BCUT2D eigenvalue weighted by molar-refractivity contribution is 6.02. The normalized spacial score (nSPS) is 24.2. The quantitative estimate of drug-likeness (QED) is 0.0572. The van der Waals surface area contributed by atoms with Gasteiger partial charge in [0.2, 0.25) is 0 Å². The molecule has 8 N–H and O–H groups in total. The molecule has 0 radical (unpaired) electrons. The van der Waals surface area contributed by atoms with Gasteiger partial charge in [-0.1, -0.05) is 74.2 Å². The van der Waals surface area contributed by atoms with Crippen molar-refractivity contribution in [2.75, 3.05) is 57.4 Å². The number of hydrogen-bond acceptors (Lipinski definition) is 15. The molecule has 3 aromatic carbocycles. The van der Waals surface area contributed by atoms with E-state index in [-0.39, 0.29) is 51.8 Å². The Morgan fingerprint density at radius 1 is 0.831 bits per heavy atom. The van der Waals surface area contributed by atoms with Crippen LogP contribution in [0.5, 0.6) is 5.75 Å². The van der Waals surface area contributed by atoms with E-state index in [0.717, 1.165) is 0 Å². The van der Waals surface area contributed by atoms with E-state index >= 15 is 0 Å². The van der Waals surface area contributed by atoms with E-state index in [1.54, 1.807) is 65.6 Å². The molecule has 0 spiro atoms. The van der Waals surface area contributed by atoms with Crippen LogP contribution >= 0.6 is 0 Å². The molecule has 15 heteroatoms. The van der Waals surface area contributed by atoms with Gasteiger partial charge in [-0.25, -0.2) is 0 Å². The number of carbonyl (C=O) groups excluding carboxylic acids is 1. The lowest BCUT2D eigenvalue weighted by atomic mass is 9.99. The number of nitrogens with zero attached hydrogens (tertiary/aromatic N) is 2. The molecule has 3 aromatic rings. The summed E-state index contributed by atoms with van der Waals surface area (Å²) in [5.41, 5.74) is 9.11. The summed E-state index contributed by atoms with van der Waals surface area (Å²) in [5.74, 6) is 0.433. The lowest BCUT2D eigenvalue weighted by molar-refractivity contribution is -0.285. The van der Waals surface area contributed by atoms with E-state index in [4.69, 9.17) is 29.4 Å². The highest BCUT2D eigenvalue weighted by atomic mass is 16.7. The van der Waals surface area contributed by atoms with Crippen molar-refractivity contribution in [3.8, 4) is 5.75 Å². The van der Waals surface area contributed by atoms with Crippen LogP contribution in [0.1, 0.15) is 67.2 Å². The Morgan fingerprint density at radius 3 is 1.83 bits per heavy atom. The smallest absolute Gasteiger partial charge is 0.184 e. The molecule has 2 aliphatic rings. The van der Waals surface area contributed by atoms with E-state index < -0.39 is 61.4 Å². The third-order valence-electron chi connectivity index (χ3n) is 10.5. The van der Waals surface area contributed by atoms with Crippen molar-refractivity contribution in [1.82, 2.24) is 4.90 Å². The summed E-state index contributed by atoms with van der Waals surface area (Å²) in [6.07, 6.45) is -11.4. The van der Waals surface area contributed by atoms with Gasteiger partial charge in [-0.2, -0.15) is 0 Å². The highest BCUT2D eigenvalue weighted by Crippen LogP contribution is 2.32. The van der Waals surface area contributed by atoms with Crippen molar-refractivity contribution in [1.29, 1.82) is 0 Å². The fourth-order valence-corrected chi connectivity index (χ4v) is 7.31. The van der Waals surface area contributed by atoms with Gasteiger partial charge in [0.1, 0.15) is 42.4 Å². The van der Waals surface area contributed by atoms with Gasteiger partial charge in [-0.15, -0.1) is 0 Å². The zero-order chi connectivity index (χ0) is 42.5. The Hall–Kier alpha value is -3.81. The molecule has 2 fully saturated rings. The molecular formula is C44H61N3O12. The molecule has 5 rings (SSSR count). The second-order valence-electron chi connectivity index (χ2n) is 14.9. The molecule has 59 heavy (non-hydrogen) atoms. The van der Waals surface area contributed by atoms with Crippen molar-refractivity contribution in [3.63, 3.8) is 0 Å². The molecular weight excluding hydrogens is 762 g/mol. The molecule has 0 saturated carbocycles. The van der Waals surface area contributed by atoms with Crippen LogP contribution < -0.4 is 15.4 Å². The Morgan fingerprint density at radius 2 is 1.36 bits per heavy atom. The number of aliphatic hydroxyl groups excluding tert-OH is 6. The van der Waals surface area contributed by atoms with Gasteiger partial charge in [-0.05, 0) is 38.0 Å². The van der Waals surface area contributed by atoms with E-state index in [1.807, 2.05) is 36.9 Å². The number of Topliss-reactive ketones (excluding diaryl/α,β-unsaturated/α-hetero) is 1. The number of likely N-dealkylation sites (N-methyl/N-ethyl adjacent to an activating group) is 1. The van der Waals surface area contributed by atoms with Crippen LogP contribution in [0.2, 0.25) is 0 Å². The molecule has 0 aromatic heterocycles. The van der Waals surface area contributed by atoms with Gasteiger partial charge in [0.05, 0.1) is 37.7 Å². The largest absolute Gasteiger partial charge is 0.494 e. The average molecular weight is 824 g/mol. The summed E-state index contributed by atoms with van der Waals surface area (Å²) in [7, 11) is 0. The first-order valence-corrected chi connectivity index (χ1v) is 20.4. The first kappa shape index (κ1) is 46.3. The van der Waals surface area contributed by atoms with Gasteiger partial charge in [-0.3, -0.25) is 9.69 Å². The molecule has 324 valence electrons. The number of anilines is 1. The molecule has 2 heterocycles. The van der Waals surface area contributed by atoms with E-state index in [1.165, 1.54) is 0 Å². The summed E-state index contributed by atoms with van der Waals surface area (Å²) < 4.78 is 29.3. The predicted octanol–water partition coefficient (Wildman–Crippen LogP) is 2.43. The average Bonchev–Trinajstić information content (AvgIpc) is 3.26. The molecule has 0 bridgehead atoms. The molecule has 2 aliphatic heterocycles. The summed E-state index contributed by atoms with van der Waals surface area (Å²) in [6.45, 7) is 8.44. The highest BCUT2D eigenvalue weighted by Gasteiger charge is 2.42. The van der Waals surface area contributed by atoms with E-state index in [2.05, 4.69) is 6.58 Å². The third kappa shape index (κ3) is 12.4. The van der Waals surface area contributed by atoms with Crippen molar-refractivity contribution in [3.05, 3.63) is 108 Å². The molecule has 10 atom stereocenters. The first-order valence-electron chi connectivity index (χ1n) is 20.4. The third-order valence-corrected chi connectivity index (χ3v) is 10.5. The summed E-state index contributed by atoms with van der Waals surface area (Å²) in [4.78, 5) is 16.8. The number of aliphatic hydroxyl groups is 6. The number of nitrogens with two attached hydrogens (primary N) is 1. The monoisotopic (exact) mass is 823 g/mol. The zero-order valence-electron chi connectivity index (χ0n) is 33.9. The molecule has 2 unspecified atom stereocenters. The van der Waals surface area contributed by atoms with Crippen LogP contribution in [0.25, 0.3) is 0 Å². The minimum Gasteiger partial charge on any atom is -0.494 e. The number of carbonyl (C=O) groups is 1. The maximum absolute atomic E-state index is 13.2. The summed E-state index contributed by atoms with van der Waals surface area (Å²) in [6, 6.07) is 23.3. The Kier molecular flexibility index (Phi) is 17.8. The van der Waals surface area contributed by atoms with Crippen molar-refractivity contribution in [2.24, 2.45) is 5.73 Å². The van der Waals surface area contributed by atoms with E-state index in [9.17, 15) is 35.4 Å². The number of rotatable bonds is 22. The van der Waals surface area contributed by atoms with Crippen LogP contribution in [0, 0.1) is 0 Å². The second kappa shape index (κ2) is 22.7. The minimum atomic E-state index is -1.57. The lowest BCUT2D eigenvalue weighted by Crippen LogP contribution is -2.56. The van der Waals surface area contributed by atoms with Gasteiger partial charge >= 0.3 is 0 Å². The first-order chi connectivity index (χ1) is 28.4. The van der Waals surface area contributed by atoms with Crippen molar-refractivity contribution >= 4 is 11.5 Å². The lowest BCUT2D eigenvalue weighted by Gasteiger charge is -2.40. The number of hydrogen-bond donors (Lipinski definition) is 7. The van der Waals surface area contributed by atoms with Gasteiger partial charge in [0.25, 0.3) is 0 Å². The number of benzene rings is 3. The van der Waals surface area contributed by atoms with Crippen LogP contribution in [0.3, 0.4) is 0 Å². The van der Waals surface area contributed by atoms with Crippen LogP contribution in [0.4, 0.5) is 5.69 Å². The molecule has 15 nitrogen and oxygen atoms in total. The Bertz CT molecular complexity index is 1660. The minimum absolute atomic E-state index is 0.0371. The van der Waals surface area contributed by atoms with Crippen LogP contribution in [-0.4, -0.2) is 143 Å². The van der Waals surface area contributed by atoms with Crippen LogP contribution in [-0.2, 0) is 18.9 Å². The van der Waals surface area contributed by atoms with E-state index in [0.29, 0.717) is 59.6 Å². The molecule has 2 saturated heterocycles. The zero-order valence-corrected chi connectivity index (χ0v) is 33.9. The topological polar surface area (TPSA) is 217 Å². The van der Waals surface area contributed by atoms with Gasteiger partial charge in [0.15, 0.2) is 18.4 Å². The summed E-state index contributed by atoms with van der Waals surface area (Å²) in [5, 5.41) is 67.0. The van der Waals surface area contributed by atoms with Gasteiger partial charge < -0.3 is 65.0 Å². The Balaban J connectivity index is 1.28. The Labute approximate surface area is 346 Å².